The minimum Gasteiger partial charge on any atom is -0.480 e. The minimum atomic E-state index is -1.05. The molecule has 0 fully saturated rings. The summed E-state index contributed by atoms with van der Waals surface area (Å²) in [7, 11) is 1.78. The maximum Gasteiger partial charge on any atom is 0.326 e. The lowest BCUT2D eigenvalue weighted by molar-refractivity contribution is -0.139. The number of carbonyl (C=O) groups is 2. The van der Waals surface area contributed by atoms with Gasteiger partial charge in [0, 0.05) is 18.6 Å². The molecule has 1 unspecified atom stereocenters. The number of nitrogens with zero attached hydrogens (tertiary/aromatic N) is 3. The van der Waals surface area contributed by atoms with Crippen molar-refractivity contribution in [2.75, 3.05) is 0 Å². The fraction of sp³-hybridized carbons (Fsp3) is 0.385. The van der Waals surface area contributed by atoms with Gasteiger partial charge >= 0.3 is 5.97 Å². The van der Waals surface area contributed by atoms with Crippen molar-refractivity contribution in [2.45, 2.75) is 26.3 Å². The number of carboxylic acid groups (broad SMARTS) is 1. The van der Waals surface area contributed by atoms with Crippen molar-refractivity contribution in [3.05, 3.63) is 23.5 Å². The largest absolute Gasteiger partial charge is 0.480 e. The van der Waals surface area contributed by atoms with Crippen molar-refractivity contribution < 1.29 is 14.7 Å². The van der Waals surface area contributed by atoms with Gasteiger partial charge in [-0.15, -0.1) is 0 Å². The van der Waals surface area contributed by atoms with Gasteiger partial charge in [-0.2, -0.15) is 5.10 Å². The Hall–Kier alpha value is -2.44. The van der Waals surface area contributed by atoms with Crippen LogP contribution in [0.5, 0.6) is 0 Å². The maximum absolute atomic E-state index is 12.0. The molecule has 2 N–H and O–H groups in total. The van der Waals surface area contributed by atoms with Gasteiger partial charge in [0.15, 0.2) is 5.65 Å². The van der Waals surface area contributed by atoms with E-state index in [0.29, 0.717) is 17.6 Å². The zero-order valence-electron chi connectivity index (χ0n) is 11.5. The predicted octanol–water partition coefficient (Wildman–Crippen LogP) is 0.870. The molecule has 20 heavy (non-hydrogen) atoms. The number of nitrogens with one attached hydrogen (secondary N) is 1. The van der Waals surface area contributed by atoms with Crippen molar-refractivity contribution in [3.8, 4) is 0 Å². The number of hydrogen-bond acceptors (Lipinski definition) is 4. The number of hydrogen-bond donors (Lipinski definition) is 2. The minimum absolute atomic E-state index is 0.322. The van der Waals surface area contributed by atoms with Crippen LogP contribution in [-0.2, 0) is 11.8 Å². The lowest BCUT2D eigenvalue weighted by Crippen LogP contribution is -2.40. The molecule has 106 valence electrons. The van der Waals surface area contributed by atoms with E-state index in [0.717, 1.165) is 11.1 Å². The average Bonchev–Trinajstić information content (AvgIpc) is 2.70. The Kier molecular flexibility index (Phi) is 3.69. The number of aryl methyl sites for hydroxylation is 2. The molecule has 0 aliphatic rings. The Balaban J connectivity index is 2.31. The Bertz CT molecular complexity index is 678. The summed E-state index contributed by atoms with van der Waals surface area (Å²) in [4.78, 5) is 27.2. The number of carboxylic acids is 1. The lowest BCUT2D eigenvalue weighted by atomic mass is 10.1. The van der Waals surface area contributed by atoms with Gasteiger partial charge in [-0.3, -0.25) is 9.48 Å². The number of fused-ring (bicyclic) bond motifs is 1. The first-order valence-electron chi connectivity index (χ1n) is 6.27. The molecule has 0 spiro atoms. The van der Waals surface area contributed by atoms with E-state index in [1.807, 2.05) is 6.92 Å². The summed E-state index contributed by atoms with van der Waals surface area (Å²) in [5.74, 6) is -1.50. The molecule has 2 rings (SSSR count). The van der Waals surface area contributed by atoms with E-state index in [-0.39, 0.29) is 0 Å². The van der Waals surface area contributed by atoms with Gasteiger partial charge in [0.1, 0.15) is 6.04 Å². The first-order valence-corrected chi connectivity index (χ1v) is 6.27. The third kappa shape index (κ3) is 2.47. The Morgan fingerprint density at radius 1 is 1.50 bits per heavy atom. The summed E-state index contributed by atoms with van der Waals surface area (Å²) in [6.07, 6.45) is 1.75. The molecule has 0 saturated carbocycles. The van der Waals surface area contributed by atoms with Gasteiger partial charge < -0.3 is 10.4 Å². The van der Waals surface area contributed by atoms with Gasteiger partial charge in [-0.25, -0.2) is 9.78 Å². The van der Waals surface area contributed by atoms with Crippen LogP contribution >= 0.6 is 0 Å². The maximum atomic E-state index is 12.0. The summed E-state index contributed by atoms with van der Waals surface area (Å²) >= 11 is 0. The summed E-state index contributed by atoms with van der Waals surface area (Å²) in [5, 5.41) is 16.4. The molecule has 0 radical (unpaired) electrons. The second-order valence-corrected chi connectivity index (χ2v) is 4.58. The van der Waals surface area contributed by atoms with Crippen molar-refractivity contribution in [1.29, 1.82) is 0 Å². The van der Waals surface area contributed by atoms with Crippen molar-refractivity contribution in [3.63, 3.8) is 0 Å². The molecule has 0 bridgehead atoms. The molecule has 1 amide bonds. The summed E-state index contributed by atoms with van der Waals surface area (Å²) in [5.41, 5.74) is 1.78. The molecule has 2 heterocycles. The van der Waals surface area contributed by atoms with E-state index in [9.17, 15) is 9.59 Å². The van der Waals surface area contributed by atoms with Crippen LogP contribution in [0.1, 0.15) is 29.4 Å². The molecule has 7 nitrogen and oxygen atoms in total. The van der Waals surface area contributed by atoms with Crippen LogP contribution < -0.4 is 5.32 Å². The van der Waals surface area contributed by atoms with Crippen LogP contribution in [0.4, 0.5) is 0 Å². The van der Waals surface area contributed by atoms with Crippen LogP contribution in [0.2, 0.25) is 0 Å². The molecular formula is C13H16N4O3. The van der Waals surface area contributed by atoms with E-state index in [4.69, 9.17) is 5.11 Å². The average molecular weight is 276 g/mol. The van der Waals surface area contributed by atoms with Crippen molar-refractivity contribution in [2.24, 2.45) is 7.05 Å². The van der Waals surface area contributed by atoms with E-state index in [1.54, 1.807) is 24.7 Å². The highest BCUT2D eigenvalue weighted by molar-refractivity contribution is 5.99. The Labute approximate surface area is 115 Å². The van der Waals surface area contributed by atoms with E-state index >= 15 is 0 Å². The zero-order chi connectivity index (χ0) is 14.9. The van der Waals surface area contributed by atoms with Gasteiger partial charge in [-0.1, -0.05) is 6.92 Å². The SMILES string of the molecule is CCC(NC(=O)c1cnc2c(c1)c(C)nn2C)C(=O)O. The van der Waals surface area contributed by atoms with Gasteiger partial charge in [-0.05, 0) is 19.4 Å². The van der Waals surface area contributed by atoms with Crippen LogP contribution in [0, 0.1) is 6.92 Å². The number of carbonyl (C=O) groups excluding carboxylic acids is 1. The molecule has 0 saturated heterocycles. The topological polar surface area (TPSA) is 97.1 Å². The molecule has 7 heteroatoms. The predicted molar refractivity (Wildman–Crippen MR) is 72.4 cm³/mol. The van der Waals surface area contributed by atoms with Crippen LogP contribution in [-0.4, -0.2) is 37.8 Å². The molecule has 1 atom stereocenters. The van der Waals surface area contributed by atoms with E-state index in [2.05, 4.69) is 15.4 Å². The van der Waals surface area contributed by atoms with Gasteiger partial charge in [0.25, 0.3) is 5.91 Å². The number of aromatic nitrogens is 3. The standard InChI is InChI=1S/C13H16N4O3/c1-4-10(13(19)20)15-12(18)8-5-9-7(2)16-17(3)11(9)14-6-8/h5-6,10H,4H2,1-3H3,(H,15,18)(H,19,20). The van der Waals surface area contributed by atoms with Crippen LogP contribution in [0.3, 0.4) is 0 Å². The highest BCUT2D eigenvalue weighted by Gasteiger charge is 2.19. The number of rotatable bonds is 4. The third-order valence-corrected chi connectivity index (χ3v) is 3.14. The summed E-state index contributed by atoms with van der Waals surface area (Å²) < 4.78 is 1.64. The molecule has 2 aromatic heterocycles. The van der Waals surface area contributed by atoms with Crippen LogP contribution in [0.15, 0.2) is 12.3 Å². The fourth-order valence-corrected chi connectivity index (χ4v) is 2.01. The number of pyridine rings is 1. The highest BCUT2D eigenvalue weighted by atomic mass is 16.4. The second kappa shape index (κ2) is 5.28. The van der Waals surface area contributed by atoms with Crippen molar-refractivity contribution in [1.82, 2.24) is 20.1 Å². The normalized spacial score (nSPS) is 12.3. The molecule has 0 aromatic carbocycles. The first kappa shape index (κ1) is 14.0. The Morgan fingerprint density at radius 2 is 2.20 bits per heavy atom. The monoisotopic (exact) mass is 276 g/mol. The molecule has 2 aromatic rings. The smallest absolute Gasteiger partial charge is 0.326 e. The zero-order valence-corrected chi connectivity index (χ0v) is 11.5. The Morgan fingerprint density at radius 3 is 2.80 bits per heavy atom. The van der Waals surface area contributed by atoms with E-state index in [1.165, 1.54) is 6.20 Å². The second-order valence-electron chi connectivity index (χ2n) is 4.58. The quantitative estimate of drug-likeness (QED) is 0.863. The summed E-state index contributed by atoms with van der Waals surface area (Å²) in [6, 6.07) is 0.780. The van der Waals surface area contributed by atoms with E-state index < -0.39 is 17.9 Å². The number of amides is 1. The summed E-state index contributed by atoms with van der Waals surface area (Å²) in [6.45, 7) is 3.53. The van der Waals surface area contributed by atoms with Gasteiger partial charge in [0.2, 0.25) is 0 Å². The molecular weight excluding hydrogens is 260 g/mol. The third-order valence-electron chi connectivity index (χ3n) is 3.14. The first-order chi connectivity index (χ1) is 9.43. The highest BCUT2D eigenvalue weighted by Crippen LogP contribution is 2.16. The molecule has 0 aliphatic heterocycles. The fourth-order valence-electron chi connectivity index (χ4n) is 2.01. The van der Waals surface area contributed by atoms with Crippen molar-refractivity contribution >= 4 is 22.9 Å². The number of aliphatic carboxylic acids is 1. The van der Waals surface area contributed by atoms with Crippen LogP contribution in [0.25, 0.3) is 11.0 Å². The molecule has 0 aliphatic carbocycles. The lowest BCUT2D eigenvalue weighted by Gasteiger charge is -2.12. The van der Waals surface area contributed by atoms with Gasteiger partial charge in [0.05, 0.1) is 11.3 Å².